The number of fused-ring (bicyclic) bond motifs is 1. The predicted octanol–water partition coefficient (Wildman–Crippen LogP) is 3.00. The van der Waals surface area contributed by atoms with E-state index in [9.17, 15) is 4.79 Å². The second-order valence-electron chi connectivity index (χ2n) is 6.81. The number of anilines is 2. The van der Waals surface area contributed by atoms with Crippen molar-refractivity contribution in [2.75, 3.05) is 29.9 Å². The summed E-state index contributed by atoms with van der Waals surface area (Å²) in [4.78, 5) is 17.4. The van der Waals surface area contributed by atoms with Gasteiger partial charge in [0.05, 0.1) is 11.4 Å². The third kappa shape index (κ3) is 2.94. The molecule has 4 rings (SSSR count). The van der Waals surface area contributed by atoms with E-state index < -0.39 is 0 Å². The van der Waals surface area contributed by atoms with Crippen LogP contribution in [0.15, 0.2) is 61.2 Å². The third-order valence-electron chi connectivity index (χ3n) is 4.74. The molecule has 0 saturated carbocycles. The van der Waals surface area contributed by atoms with Crippen LogP contribution in [0.1, 0.15) is 17.3 Å². The number of aromatic nitrogens is 3. The van der Waals surface area contributed by atoms with Gasteiger partial charge in [-0.1, -0.05) is 19.1 Å². The number of carbonyl (C=O) groups is 1. The van der Waals surface area contributed by atoms with E-state index in [1.165, 1.54) is 0 Å². The Balaban J connectivity index is 1.67. The molecule has 1 aliphatic rings. The van der Waals surface area contributed by atoms with Crippen molar-refractivity contribution < 1.29 is 4.79 Å². The fraction of sp³-hybridized carbons (Fsp3) is 0.250. The number of para-hydroxylation sites is 2. The van der Waals surface area contributed by atoms with E-state index in [-0.39, 0.29) is 5.91 Å². The number of hydrogen-bond acceptors (Lipinski definition) is 4. The van der Waals surface area contributed by atoms with Gasteiger partial charge in [-0.05, 0) is 42.3 Å². The first kappa shape index (κ1) is 16.3. The minimum Gasteiger partial charge on any atom is -0.373 e. The monoisotopic (exact) mass is 347 g/mol. The molecular weight excluding hydrogens is 326 g/mol. The quantitative estimate of drug-likeness (QED) is 0.715. The molecule has 6 nitrogen and oxygen atoms in total. The van der Waals surface area contributed by atoms with Crippen LogP contribution < -0.4 is 9.80 Å². The Kier molecular flexibility index (Phi) is 4.16. The fourth-order valence-corrected chi connectivity index (χ4v) is 3.51. The van der Waals surface area contributed by atoms with E-state index in [1.807, 2.05) is 51.9 Å². The highest BCUT2D eigenvalue weighted by Gasteiger charge is 2.27. The number of benzene rings is 2. The lowest BCUT2D eigenvalue weighted by Gasteiger charge is -2.24. The maximum absolute atomic E-state index is 13.2. The van der Waals surface area contributed by atoms with Crippen molar-refractivity contribution >= 4 is 17.3 Å². The lowest BCUT2D eigenvalue weighted by molar-refractivity contribution is 0.0984. The van der Waals surface area contributed by atoms with Gasteiger partial charge in [-0.3, -0.25) is 9.36 Å². The Morgan fingerprint density at radius 1 is 0.962 bits per heavy atom. The van der Waals surface area contributed by atoms with Gasteiger partial charge < -0.3 is 9.80 Å². The summed E-state index contributed by atoms with van der Waals surface area (Å²) in [5, 5.41) is 7.63. The molecule has 0 fully saturated rings. The van der Waals surface area contributed by atoms with Gasteiger partial charge in [-0.25, -0.2) is 0 Å². The van der Waals surface area contributed by atoms with Gasteiger partial charge in [0.25, 0.3) is 5.91 Å². The average molecular weight is 347 g/mol. The Labute approximate surface area is 152 Å². The van der Waals surface area contributed by atoms with Crippen LogP contribution in [0.4, 0.5) is 11.4 Å². The molecular formula is C20H21N5O. The van der Waals surface area contributed by atoms with E-state index in [0.717, 1.165) is 23.6 Å². The van der Waals surface area contributed by atoms with E-state index in [0.29, 0.717) is 18.0 Å². The molecule has 1 aliphatic heterocycles. The Bertz CT molecular complexity index is 904. The summed E-state index contributed by atoms with van der Waals surface area (Å²) in [7, 11) is 2.08. The van der Waals surface area contributed by atoms with Crippen molar-refractivity contribution in [3.05, 3.63) is 66.7 Å². The topological polar surface area (TPSA) is 54.3 Å². The number of rotatable bonds is 2. The zero-order valence-electron chi connectivity index (χ0n) is 14.9. The van der Waals surface area contributed by atoms with Gasteiger partial charge in [0.15, 0.2) is 0 Å². The smallest absolute Gasteiger partial charge is 0.258 e. The zero-order valence-corrected chi connectivity index (χ0v) is 14.9. The summed E-state index contributed by atoms with van der Waals surface area (Å²) < 4.78 is 1.81. The maximum atomic E-state index is 13.2. The molecule has 0 N–H and O–H groups in total. The van der Waals surface area contributed by atoms with Crippen LogP contribution in [-0.2, 0) is 0 Å². The molecule has 0 bridgehead atoms. The van der Waals surface area contributed by atoms with Crippen molar-refractivity contribution in [3.63, 3.8) is 0 Å². The van der Waals surface area contributed by atoms with Crippen molar-refractivity contribution in [1.82, 2.24) is 14.8 Å². The highest BCUT2D eigenvalue weighted by molar-refractivity contribution is 6.08. The summed E-state index contributed by atoms with van der Waals surface area (Å²) in [6.45, 7) is 3.80. The normalized spacial score (nSPS) is 16.9. The van der Waals surface area contributed by atoms with Gasteiger partial charge in [-0.2, -0.15) is 0 Å². The maximum Gasteiger partial charge on any atom is 0.258 e. The van der Waals surface area contributed by atoms with Crippen molar-refractivity contribution in [1.29, 1.82) is 0 Å². The van der Waals surface area contributed by atoms with Gasteiger partial charge in [0.1, 0.15) is 12.7 Å². The number of hydrogen-bond donors (Lipinski definition) is 0. The molecule has 3 aromatic rings. The summed E-state index contributed by atoms with van der Waals surface area (Å²) in [6.07, 6.45) is 3.28. The van der Waals surface area contributed by atoms with E-state index >= 15 is 0 Å². The van der Waals surface area contributed by atoms with E-state index in [1.54, 1.807) is 12.7 Å². The number of amides is 1. The minimum absolute atomic E-state index is 0.0231. The molecule has 1 amide bonds. The molecule has 0 unspecified atom stereocenters. The molecule has 2 heterocycles. The largest absolute Gasteiger partial charge is 0.373 e. The first-order valence-corrected chi connectivity index (χ1v) is 8.70. The summed E-state index contributed by atoms with van der Waals surface area (Å²) in [5.74, 6) is 0.405. The minimum atomic E-state index is 0.0231. The molecule has 0 spiro atoms. The fourth-order valence-electron chi connectivity index (χ4n) is 3.51. The van der Waals surface area contributed by atoms with Crippen molar-refractivity contribution in [2.45, 2.75) is 6.92 Å². The second kappa shape index (κ2) is 6.63. The van der Waals surface area contributed by atoms with E-state index in [2.05, 4.69) is 35.1 Å². The van der Waals surface area contributed by atoms with Crippen LogP contribution >= 0.6 is 0 Å². The van der Waals surface area contributed by atoms with Crippen LogP contribution in [0.2, 0.25) is 0 Å². The van der Waals surface area contributed by atoms with Crippen molar-refractivity contribution in [2.24, 2.45) is 5.92 Å². The number of carbonyl (C=O) groups excluding carboxylic acids is 1. The second-order valence-corrected chi connectivity index (χ2v) is 6.81. The van der Waals surface area contributed by atoms with Gasteiger partial charge in [0.2, 0.25) is 0 Å². The molecule has 1 atom stereocenters. The molecule has 26 heavy (non-hydrogen) atoms. The standard InChI is InChI=1S/C20H21N5O/c1-15-11-23(2)18-5-3-4-6-19(18)25(12-15)20(26)16-7-9-17(10-8-16)24-13-21-22-14-24/h3-10,13-15H,11-12H2,1-2H3/t15-/m0/s1. The molecule has 1 aromatic heterocycles. The van der Waals surface area contributed by atoms with Gasteiger partial charge in [0, 0.05) is 31.4 Å². The molecule has 0 aliphatic carbocycles. The van der Waals surface area contributed by atoms with Crippen LogP contribution in [0, 0.1) is 5.92 Å². The van der Waals surface area contributed by atoms with Gasteiger partial charge >= 0.3 is 0 Å². The molecule has 2 aromatic carbocycles. The summed E-state index contributed by atoms with van der Waals surface area (Å²) in [5.41, 5.74) is 3.66. The summed E-state index contributed by atoms with van der Waals surface area (Å²) in [6, 6.07) is 15.6. The van der Waals surface area contributed by atoms with E-state index in [4.69, 9.17) is 0 Å². The zero-order chi connectivity index (χ0) is 18.1. The lowest BCUT2D eigenvalue weighted by Crippen LogP contribution is -2.34. The SMILES string of the molecule is C[C@H]1CN(C)c2ccccc2N(C(=O)c2ccc(-n3cnnc3)cc2)C1. The third-order valence-corrected chi connectivity index (χ3v) is 4.74. The average Bonchev–Trinajstić information content (AvgIpc) is 3.16. The van der Waals surface area contributed by atoms with Crippen LogP contribution in [0.5, 0.6) is 0 Å². The van der Waals surface area contributed by atoms with Gasteiger partial charge in [-0.15, -0.1) is 10.2 Å². The summed E-state index contributed by atoms with van der Waals surface area (Å²) >= 11 is 0. The first-order valence-electron chi connectivity index (χ1n) is 8.70. The molecule has 6 heteroatoms. The van der Waals surface area contributed by atoms with Crippen LogP contribution in [0.3, 0.4) is 0 Å². The van der Waals surface area contributed by atoms with Crippen molar-refractivity contribution in [3.8, 4) is 5.69 Å². The Hall–Kier alpha value is -3.15. The van der Waals surface area contributed by atoms with Crippen LogP contribution in [0.25, 0.3) is 5.69 Å². The highest BCUT2D eigenvalue weighted by Crippen LogP contribution is 2.33. The van der Waals surface area contributed by atoms with Crippen LogP contribution in [-0.4, -0.2) is 40.8 Å². The Morgan fingerprint density at radius 3 is 2.31 bits per heavy atom. The number of nitrogens with zero attached hydrogens (tertiary/aromatic N) is 5. The lowest BCUT2D eigenvalue weighted by atomic mass is 10.1. The first-order chi connectivity index (χ1) is 12.6. The Morgan fingerprint density at radius 2 is 1.62 bits per heavy atom. The molecule has 0 radical (unpaired) electrons. The molecule has 0 saturated heterocycles. The molecule has 132 valence electrons. The predicted molar refractivity (Wildman–Crippen MR) is 102 cm³/mol. The highest BCUT2D eigenvalue weighted by atomic mass is 16.2.